The molecule has 17 heavy (non-hydrogen) atoms. The highest BCUT2D eigenvalue weighted by Crippen LogP contribution is 2.33. The second-order valence-corrected chi connectivity index (χ2v) is 4.44. The predicted octanol–water partition coefficient (Wildman–Crippen LogP) is 4.42. The maximum atomic E-state index is 12.6. The summed E-state index contributed by atoms with van der Waals surface area (Å²) in [6.07, 6.45) is -7.85. The molecule has 0 aliphatic carbocycles. The summed E-state index contributed by atoms with van der Waals surface area (Å²) in [5.41, 5.74) is -0.491. The minimum absolute atomic E-state index is 0.0416. The molecule has 0 N–H and O–H groups in total. The van der Waals surface area contributed by atoms with Crippen LogP contribution in [0.5, 0.6) is 5.88 Å². The third-order valence-electron chi connectivity index (χ3n) is 1.59. The molecule has 0 amide bonds. The fourth-order valence-electron chi connectivity index (χ4n) is 0.983. The Labute approximate surface area is 115 Å². The SMILES string of the molecule is FC(F)c1cc(CBr)nc(OC(F)(F)F)c1I. The van der Waals surface area contributed by atoms with Gasteiger partial charge in [0, 0.05) is 10.9 Å². The quantitative estimate of drug-likeness (QED) is 0.401. The third-order valence-corrected chi connectivity index (χ3v) is 3.25. The van der Waals surface area contributed by atoms with Gasteiger partial charge in [0.15, 0.2) is 0 Å². The van der Waals surface area contributed by atoms with Crippen molar-refractivity contribution < 1.29 is 26.7 Å². The molecule has 0 atom stereocenters. The van der Waals surface area contributed by atoms with Gasteiger partial charge in [-0.3, -0.25) is 0 Å². The van der Waals surface area contributed by atoms with Crippen LogP contribution in [0, 0.1) is 3.57 Å². The molecule has 96 valence electrons. The Balaban J connectivity index is 3.24. The van der Waals surface area contributed by atoms with Crippen molar-refractivity contribution in [1.29, 1.82) is 0 Å². The van der Waals surface area contributed by atoms with Crippen LogP contribution in [0.15, 0.2) is 6.07 Å². The highest BCUT2D eigenvalue weighted by atomic mass is 127. The van der Waals surface area contributed by atoms with Crippen LogP contribution >= 0.6 is 38.5 Å². The van der Waals surface area contributed by atoms with E-state index >= 15 is 0 Å². The van der Waals surface area contributed by atoms with E-state index in [1.54, 1.807) is 0 Å². The summed E-state index contributed by atoms with van der Waals surface area (Å²) < 4.78 is 64.5. The van der Waals surface area contributed by atoms with Gasteiger partial charge in [-0.2, -0.15) is 0 Å². The van der Waals surface area contributed by atoms with Gasteiger partial charge < -0.3 is 4.74 Å². The summed E-state index contributed by atoms with van der Waals surface area (Å²) in [6.45, 7) is 0. The molecular formula is C8H4BrF5INO. The Bertz CT molecular complexity index is 412. The molecule has 0 aliphatic rings. The van der Waals surface area contributed by atoms with Crippen LogP contribution in [0.3, 0.4) is 0 Å². The summed E-state index contributed by atoms with van der Waals surface area (Å²) in [6, 6.07) is 1.03. The van der Waals surface area contributed by atoms with Gasteiger partial charge in [0.1, 0.15) is 0 Å². The molecule has 0 unspecified atom stereocenters. The van der Waals surface area contributed by atoms with Gasteiger partial charge in [-0.1, -0.05) is 15.9 Å². The van der Waals surface area contributed by atoms with Gasteiger partial charge >= 0.3 is 6.36 Å². The lowest BCUT2D eigenvalue weighted by molar-refractivity contribution is -0.276. The van der Waals surface area contributed by atoms with E-state index in [0.717, 1.165) is 6.07 Å². The van der Waals surface area contributed by atoms with Crippen molar-refractivity contribution in [1.82, 2.24) is 4.98 Å². The van der Waals surface area contributed by atoms with Crippen molar-refractivity contribution in [2.75, 3.05) is 0 Å². The minimum Gasteiger partial charge on any atom is -0.387 e. The first-order valence-corrected chi connectivity index (χ1v) is 6.23. The van der Waals surface area contributed by atoms with E-state index in [9.17, 15) is 22.0 Å². The molecule has 2 nitrogen and oxygen atoms in total. The highest BCUT2D eigenvalue weighted by molar-refractivity contribution is 14.1. The van der Waals surface area contributed by atoms with Gasteiger partial charge in [0.25, 0.3) is 6.43 Å². The molecule has 1 heterocycles. The van der Waals surface area contributed by atoms with Crippen LogP contribution in [0.2, 0.25) is 0 Å². The monoisotopic (exact) mass is 431 g/mol. The molecule has 1 rings (SSSR count). The van der Waals surface area contributed by atoms with Crippen LogP contribution in [-0.2, 0) is 5.33 Å². The van der Waals surface area contributed by atoms with Crippen LogP contribution in [-0.4, -0.2) is 11.3 Å². The highest BCUT2D eigenvalue weighted by Gasteiger charge is 2.34. The van der Waals surface area contributed by atoms with Gasteiger partial charge in [-0.25, -0.2) is 13.8 Å². The van der Waals surface area contributed by atoms with E-state index < -0.39 is 24.2 Å². The Kier molecular flexibility index (Phi) is 4.93. The largest absolute Gasteiger partial charge is 0.574 e. The molecule has 0 saturated heterocycles. The second kappa shape index (κ2) is 5.63. The molecule has 0 spiro atoms. The summed E-state index contributed by atoms with van der Waals surface area (Å²) in [5.74, 6) is -0.856. The molecule has 0 aliphatic heterocycles. The number of hydrogen-bond acceptors (Lipinski definition) is 2. The zero-order chi connectivity index (χ0) is 13.2. The van der Waals surface area contributed by atoms with E-state index in [1.807, 2.05) is 0 Å². The van der Waals surface area contributed by atoms with Gasteiger partial charge in [0.05, 0.1) is 9.26 Å². The van der Waals surface area contributed by atoms with E-state index in [1.165, 1.54) is 22.6 Å². The zero-order valence-electron chi connectivity index (χ0n) is 7.86. The van der Waals surface area contributed by atoms with Gasteiger partial charge in [0.2, 0.25) is 5.88 Å². The minimum atomic E-state index is -4.96. The number of rotatable bonds is 3. The van der Waals surface area contributed by atoms with Crippen molar-refractivity contribution in [2.45, 2.75) is 18.1 Å². The van der Waals surface area contributed by atoms with E-state index in [4.69, 9.17) is 0 Å². The fraction of sp³-hybridized carbons (Fsp3) is 0.375. The first-order chi connectivity index (χ1) is 7.74. The molecule has 0 radical (unpaired) electrons. The van der Waals surface area contributed by atoms with Crippen molar-refractivity contribution >= 4 is 38.5 Å². The molecular weight excluding hydrogens is 428 g/mol. The van der Waals surface area contributed by atoms with Crippen molar-refractivity contribution in [2.24, 2.45) is 0 Å². The summed E-state index contributed by atoms with van der Waals surface area (Å²) in [4.78, 5) is 3.49. The molecule has 0 aromatic carbocycles. The lowest BCUT2D eigenvalue weighted by Gasteiger charge is -2.13. The van der Waals surface area contributed by atoms with Gasteiger partial charge in [-0.15, -0.1) is 13.2 Å². The molecule has 1 aromatic heterocycles. The van der Waals surface area contributed by atoms with Crippen LogP contribution in [0.4, 0.5) is 22.0 Å². The topological polar surface area (TPSA) is 22.1 Å². The first-order valence-electron chi connectivity index (χ1n) is 4.03. The predicted molar refractivity (Wildman–Crippen MR) is 61.2 cm³/mol. The lowest BCUT2D eigenvalue weighted by atomic mass is 10.2. The Hall–Kier alpha value is -0.190. The maximum absolute atomic E-state index is 12.6. The Morgan fingerprint density at radius 3 is 2.41 bits per heavy atom. The number of aromatic nitrogens is 1. The molecule has 9 heteroatoms. The van der Waals surface area contributed by atoms with Gasteiger partial charge in [-0.05, 0) is 28.7 Å². The molecule has 0 fully saturated rings. The normalized spacial score (nSPS) is 12.0. The fourth-order valence-corrected chi connectivity index (χ4v) is 1.89. The van der Waals surface area contributed by atoms with Crippen LogP contribution in [0.1, 0.15) is 17.7 Å². The van der Waals surface area contributed by atoms with Crippen LogP contribution in [0.25, 0.3) is 0 Å². The van der Waals surface area contributed by atoms with Crippen molar-refractivity contribution in [3.05, 3.63) is 20.9 Å². The van der Waals surface area contributed by atoms with Crippen molar-refractivity contribution in [3.63, 3.8) is 0 Å². The number of alkyl halides is 6. The molecule has 0 saturated carbocycles. The average molecular weight is 432 g/mol. The third kappa shape index (κ3) is 4.19. The second-order valence-electron chi connectivity index (χ2n) is 2.80. The zero-order valence-corrected chi connectivity index (χ0v) is 11.6. The van der Waals surface area contributed by atoms with E-state index in [0.29, 0.717) is 0 Å². The number of pyridine rings is 1. The summed E-state index contributed by atoms with van der Waals surface area (Å²) in [7, 11) is 0. The Morgan fingerprint density at radius 1 is 1.41 bits per heavy atom. The molecule has 0 bridgehead atoms. The Morgan fingerprint density at radius 2 is 2.00 bits per heavy atom. The number of hydrogen-bond donors (Lipinski definition) is 0. The van der Waals surface area contributed by atoms with E-state index in [-0.39, 0.29) is 14.6 Å². The smallest absolute Gasteiger partial charge is 0.387 e. The lowest BCUT2D eigenvalue weighted by Crippen LogP contribution is -2.19. The molecule has 1 aromatic rings. The first kappa shape index (κ1) is 14.9. The number of ether oxygens (including phenoxy) is 1. The maximum Gasteiger partial charge on any atom is 0.574 e. The average Bonchev–Trinajstić information content (AvgIpc) is 2.18. The number of nitrogens with zero attached hydrogens (tertiary/aromatic N) is 1. The summed E-state index contributed by atoms with van der Waals surface area (Å²) in [5, 5.41) is 0.0534. The summed E-state index contributed by atoms with van der Waals surface area (Å²) >= 11 is 4.28. The van der Waals surface area contributed by atoms with Crippen molar-refractivity contribution in [3.8, 4) is 5.88 Å². The standard InChI is InChI=1S/C8H4BrF5INO/c9-2-3-1-4(6(10)11)5(15)7(16-3)17-8(12,13)14/h1,6H,2H2. The van der Waals surface area contributed by atoms with E-state index in [2.05, 4.69) is 25.7 Å². The van der Waals surface area contributed by atoms with Crippen LogP contribution < -0.4 is 4.74 Å². The number of halogens is 7.